The molecule has 1 aromatic rings. The van der Waals surface area contributed by atoms with Crippen molar-refractivity contribution >= 4 is 8.32 Å². The topological polar surface area (TPSA) is 33.0 Å². The SMILES string of the molecule is C[Si](C)(C)O[C@](C#N)(c1ccccc1)C12CC3CC(CC(C3)C1)C2. The molecule has 0 saturated heterocycles. The van der Waals surface area contributed by atoms with Gasteiger partial charge in [-0.2, -0.15) is 5.26 Å². The van der Waals surface area contributed by atoms with Crippen LogP contribution in [0.5, 0.6) is 0 Å². The van der Waals surface area contributed by atoms with E-state index in [1.165, 1.54) is 38.5 Å². The van der Waals surface area contributed by atoms with Crippen LogP contribution in [0.25, 0.3) is 0 Å². The fraction of sp³-hybridized carbons (Fsp3) is 0.667. The van der Waals surface area contributed by atoms with Gasteiger partial charge in [-0.05, 0) is 81.5 Å². The van der Waals surface area contributed by atoms with Gasteiger partial charge in [-0.1, -0.05) is 30.3 Å². The second-order valence-corrected chi connectivity index (χ2v) is 14.0. The molecule has 2 nitrogen and oxygen atoms in total. The molecule has 4 aliphatic carbocycles. The first kappa shape index (κ1) is 16.4. The molecule has 0 radical (unpaired) electrons. The molecule has 0 aliphatic heterocycles. The van der Waals surface area contributed by atoms with Crippen molar-refractivity contribution in [3.8, 4) is 6.07 Å². The zero-order chi connectivity index (χ0) is 17.0. The lowest BCUT2D eigenvalue weighted by atomic mass is 9.45. The lowest BCUT2D eigenvalue weighted by Gasteiger charge is -2.62. The minimum Gasteiger partial charge on any atom is -0.396 e. The van der Waals surface area contributed by atoms with Gasteiger partial charge in [-0.15, -0.1) is 0 Å². The molecular formula is C21H29NOSi. The van der Waals surface area contributed by atoms with Gasteiger partial charge >= 0.3 is 0 Å². The van der Waals surface area contributed by atoms with Gasteiger partial charge in [-0.25, -0.2) is 0 Å². The maximum atomic E-state index is 10.5. The average Bonchev–Trinajstić information content (AvgIpc) is 2.51. The maximum Gasteiger partial charge on any atom is 0.186 e. The Morgan fingerprint density at radius 3 is 1.92 bits per heavy atom. The molecule has 24 heavy (non-hydrogen) atoms. The van der Waals surface area contributed by atoms with E-state index in [9.17, 15) is 5.26 Å². The fourth-order valence-corrected chi connectivity index (χ4v) is 7.65. The van der Waals surface area contributed by atoms with Gasteiger partial charge < -0.3 is 4.43 Å². The lowest BCUT2D eigenvalue weighted by molar-refractivity contribution is -0.149. The summed E-state index contributed by atoms with van der Waals surface area (Å²) in [7, 11) is -1.87. The van der Waals surface area contributed by atoms with Crippen LogP contribution in [-0.4, -0.2) is 8.32 Å². The number of hydrogen-bond donors (Lipinski definition) is 0. The van der Waals surface area contributed by atoms with E-state index in [1.807, 2.05) is 6.07 Å². The summed E-state index contributed by atoms with van der Waals surface area (Å²) in [5.74, 6) is 2.45. The second-order valence-electron chi connectivity index (χ2n) is 9.57. The Bertz CT molecular complexity index is 621. The third-order valence-electron chi connectivity index (χ3n) is 6.58. The summed E-state index contributed by atoms with van der Waals surface area (Å²) in [5, 5.41) is 10.5. The van der Waals surface area contributed by atoms with E-state index in [0.29, 0.717) is 0 Å². The Morgan fingerprint density at radius 1 is 1.00 bits per heavy atom. The van der Waals surface area contributed by atoms with Crippen molar-refractivity contribution in [2.75, 3.05) is 0 Å². The van der Waals surface area contributed by atoms with Crippen LogP contribution in [0.3, 0.4) is 0 Å². The molecule has 4 aliphatic rings. The van der Waals surface area contributed by atoms with Crippen molar-refractivity contribution in [2.24, 2.45) is 23.2 Å². The molecule has 4 bridgehead atoms. The molecule has 3 heteroatoms. The van der Waals surface area contributed by atoms with Crippen molar-refractivity contribution < 1.29 is 4.43 Å². The number of rotatable bonds is 4. The first-order valence-electron chi connectivity index (χ1n) is 9.53. The normalized spacial score (nSPS) is 37.0. The van der Waals surface area contributed by atoms with Crippen LogP contribution in [-0.2, 0) is 10.0 Å². The minimum absolute atomic E-state index is 0.0259. The number of benzene rings is 1. The van der Waals surface area contributed by atoms with Crippen LogP contribution < -0.4 is 0 Å². The third-order valence-corrected chi connectivity index (χ3v) is 7.50. The van der Waals surface area contributed by atoms with Gasteiger partial charge in [0, 0.05) is 5.41 Å². The van der Waals surface area contributed by atoms with Crippen LogP contribution in [0.4, 0.5) is 0 Å². The highest BCUT2D eigenvalue weighted by atomic mass is 28.4. The quantitative estimate of drug-likeness (QED) is 0.681. The van der Waals surface area contributed by atoms with Gasteiger partial charge in [0.25, 0.3) is 0 Å². The van der Waals surface area contributed by atoms with Crippen molar-refractivity contribution in [1.29, 1.82) is 5.26 Å². The van der Waals surface area contributed by atoms with E-state index in [4.69, 9.17) is 4.43 Å². The fourth-order valence-electron chi connectivity index (χ4n) is 6.35. The largest absolute Gasteiger partial charge is 0.396 e. The van der Waals surface area contributed by atoms with Crippen molar-refractivity contribution in [3.63, 3.8) is 0 Å². The van der Waals surface area contributed by atoms with Gasteiger partial charge in [0.15, 0.2) is 13.9 Å². The van der Waals surface area contributed by atoms with Gasteiger partial charge in [0.05, 0.1) is 0 Å². The number of nitrogens with zero attached hydrogens (tertiary/aromatic N) is 1. The Kier molecular flexibility index (Phi) is 3.71. The van der Waals surface area contributed by atoms with E-state index in [2.05, 4.69) is 50.0 Å². The van der Waals surface area contributed by atoms with E-state index in [-0.39, 0.29) is 5.41 Å². The third kappa shape index (κ3) is 2.47. The summed E-state index contributed by atoms with van der Waals surface area (Å²) < 4.78 is 6.82. The molecule has 0 N–H and O–H groups in total. The Labute approximate surface area is 147 Å². The molecule has 1 aromatic carbocycles. The highest BCUT2D eigenvalue weighted by Crippen LogP contribution is 2.66. The molecule has 5 rings (SSSR count). The highest BCUT2D eigenvalue weighted by molar-refractivity contribution is 6.69. The first-order chi connectivity index (χ1) is 11.4. The monoisotopic (exact) mass is 339 g/mol. The molecule has 0 unspecified atom stereocenters. The maximum absolute atomic E-state index is 10.5. The standard InChI is InChI=1S/C21H29NOSi/c1-24(2,3)23-21(15-22,19-7-5-4-6-8-19)20-12-16-9-17(13-20)11-18(10-16)14-20/h4-8,16-18H,9-14H2,1-3H3/t16?,17?,18?,20?,21-/m1/s1. The predicted octanol–water partition coefficient (Wildman–Crippen LogP) is 5.47. The zero-order valence-electron chi connectivity index (χ0n) is 15.2. The van der Waals surface area contributed by atoms with Crippen molar-refractivity contribution in [3.05, 3.63) is 35.9 Å². The van der Waals surface area contributed by atoms with E-state index < -0.39 is 13.9 Å². The molecule has 1 atom stereocenters. The van der Waals surface area contributed by atoms with Crippen molar-refractivity contribution in [2.45, 2.75) is 63.8 Å². The first-order valence-corrected chi connectivity index (χ1v) is 12.9. The minimum atomic E-state index is -1.87. The molecule has 0 amide bonds. The van der Waals surface area contributed by atoms with Crippen LogP contribution >= 0.6 is 0 Å². The summed E-state index contributed by atoms with van der Waals surface area (Å²) in [4.78, 5) is 0. The molecule has 128 valence electrons. The van der Waals surface area contributed by atoms with Gasteiger partial charge in [-0.3, -0.25) is 0 Å². The number of nitriles is 1. The van der Waals surface area contributed by atoms with E-state index in [0.717, 1.165) is 23.3 Å². The van der Waals surface area contributed by atoms with Crippen LogP contribution in [0.1, 0.15) is 44.1 Å². The Balaban J connectivity index is 1.85. The summed E-state index contributed by atoms with van der Waals surface area (Å²) >= 11 is 0. The number of hydrogen-bond acceptors (Lipinski definition) is 2. The Morgan fingerprint density at radius 2 is 1.50 bits per heavy atom. The summed E-state index contributed by atoms with van der Waals surface area (Å²) in [6.45, 7) is 6.67. The molecule has 0 spiro atoms. The summed E-state index contributed by atoms with van der Waals surface area (Å²) in [6, 6.07) is 13.2. The molecular weight excluding hydrogens is 310 g/mol. The average molecular weight is 340 g/mol. The van der Waals surface area contributed by atoms with Crippen LogP contribution in [0.2, 0.25) is 19.6 Å². The predicted molar refractivity (Wildman–Crippen MR) is 98.8 cm³/mol. The molecule has 4 fully saturated rings. The Hall–Kier alpha value is -1.11. The van der Waals surface area contributed by atoms with Crippen LogP contribution in [0.15, 0.2) is 30.3 Å². The van der Waals surface area contributed by atoms with E-state index >= 15 is 0 Å². The van der Waals surface area contributed by atoms with Gasteiger partial charge in [0.1, 0.15) is 6.07 Å². The highest BCUT2D eigenvalue weighted by Gasteiger charge is 2.63. The summed E-state index contributed by atoms with van der Waals surface area (Å²) in [5.41, 5.74) is 0.365. The molecule has 0 heterocycles. The van der Waals surface area contributed by atoms with Crippen molar-refractivity contribution in [1.82, 2.24) is 0 Å². The lowest BCUT2D eigenvalue weighted by Crippen LogP contribution is -2.59. The van der Waals surface area contributed by atoms with E-state index in [1.54, 1.807) is 0 Å². The van der Waals surface area contributed by atoms with Gasteiger partial charge in [0.2, 0.25) is 0 Å². The molecule has 0 aromatic heterocycles. The summed E-state index contributed by atoms with van der Waals surface area (Å²) in [6.07, 6.45) is 7.73. The van der Waals surface area contributed by atoms with Crippen LogP contribution in [0, 0.1) is 34.5 Å². The second kappa shape index (κ2) is 5.44. The smallest absolute Gasteiger partial charge is 0.186 e. The zero-order valence-corrected chi connectivity index (χ0v) is 16.2. The molecule has 4 saturated carbocycles.